The van der Waals surface area contributed by atoms with Gasteiger partial charge in [0.2, 0.25) is 5.91 Å². The molecule has 9 heteroatoms. The Labute approximate surface area is 203 Å². The van der Waals surface area contributed by atoms with Gasteiger partial charge in [0.25, 0.3) is 5.91 Å². The molecular formula is C25H28ClFN4O3. The van der Waals surface area contributed by atoms with Crippen molar-refractivity contribution in [1.82, 2.24) is 19.7 Å². The molecule has 0 radical (unpaired) electrons. The smallest absolute Gasteiger partial charge is 0.272 e. The average Bonchev–Trinajstić information content (AvgIpc) is 3.03. The SMILES string of the molecule is C=CC(=O)N1CCN2Cc3c(C(=O)N(C)C(C)C)nc(-c4ccccc4F)c(Cl)c3OC[C@H]2C1. The highest BCUT2D eigenvalue weighted by molar-refractivity contribution is 6.34. The van der Waals surface area contributed by atoms with Crippen molar-refractivity contribution in [3.05, 3.63) is 59.0 Å². The fourth-order valence-electron chi connectivity index (χ4n) is 4.25. The van der Waals surface area contributed by atoms with E-state index in [4.69, 9.17) is 16.3 Å². The van der Waals surface area contributed by atoms with Gasteiger partial charge in [-0.3, -0.25) is 14.5 Å². The average molecular weight is 487 g/mol. The molecule has 3 heterocycles. The molecule has 2 amide bonds. The molecule has 180 valence electrons. The summed E-state index contributed by atoms with van der Waals surface area (Å²) in [7, 11) is 1.71. The molecular weight excluding hydrogens is 459 g/mol. The van der Waals surface area contributed by atoms with Gasteiger partial charge in [0.15, 0.2) is 0 Å². The fourth-order valence-corrected chi connectivity index (χ4v) is 4.57. The standard InChI is InChI=1S/C25H28ClFN4O3/c1-5-20(32)31-11-10-30-13-18-23(25(33)29(4)15(2)3)28-22(17-8-6-7-9-19(17)27)21(26)24(18)34-14-16(30)12-31/h5-9,15-16H,1,10-14H2,2-4H3/t16-/m1/s1. The number of hydrogen-bond donors (Lipinski definition) is 0. The third kappa shape index (κ3) is 4.40. The first-order valence-corrected chi connectivity index (χ1v) is 11.6. The van der Waals surface area contributed by atoms with Crippen molar-refractivity contribution in [2.75, 3.05) is 33.3 Å². The van der Waals surface area contributed by atoms with E-state index in [0.717, 1.165) is 0 Å². The number of fused-ring (bicyclic) bond motifs is 2. The van der Waals surface area contributed by atoms with E-state index in [2.05, 4.69) is 16.5 Å². The number of carbonyl (C=O) groups is 2. The maximum atomic E-state index is 14.7. The van der Waals surface area contributed by atoms with Gasteiger partial charge in [-0.1, -0.05) is 30.3 Å². The summed E-state index contributed by atoms with van der Waals surface area (Å²) in [5.74, 6) is -0.566. The van der Waals surface area contributed by atoms with E-state index < -0.39 is 5.82 Å². The van der Waals surface area contributed by atoms with Crippen LogP contribution in [0.25, 0.3) is 11.3 Å². The van der Waals surface area contributed by atoms with Gasteiger partial charge in [0.1, 0.15) is 28.9 Å². The first-order valence-electron chi connectivity index (χ1n) is 11.3. The minimum atomic E-state index is -0.489. The number of carbonyl (C=O) groups excluding carboxylic acids is 2. The lowest BCUT2D eigenvalue weighted by atomic mass is 10.0. The van der Waals surface area contributed by atoms with E-state index >= 15 is 0 Å². The van der Waals surface area contributed by atoms with Crippen LogP contribution < -0.4 is 4.74 Å². The molecule has 1 atom stereocenters. The van der Waals surface area contributed by atoms with Crippen LogP contribution in [0.15, 0.2) is 36.9 Å². The van der Waals surface area contributed by atoms with Crippen LogP contribution in [0.3, 0.4) is 0 Å². The van der Waals surface area contributed by atoms with E-state index in [0.29, 0.717) is 37.5 Å². The zero-order valence-corrected chi connectivity index (χ0v) is 20.3. The number of benzene rings is 1. The second-order valence-electron chi connectivity index (χ2n) is 8.84. The van der Waals surface area contributed by atoms with E-state index in [-0.39, 0.29) is 52.5 Å². The van der Waals surface area contributed by atoms with Gasteiger partial charge in [-0.15, -0.1) is 0 Å². The van der Waals surface area contributed by atoms with E-state index in [9.17, 15) is 14.0 Å². The number of halogens is 2. The van der Waals surface area contributed by atoms with Crippen molar-refractivity contribution in [3.8, 4) is 17.0 Å². The van der Waals surface area contributed by atoms with Crippen molar-refractivity contribution in [2.24, 2.45) is 0 Å². The van der Waals surface area contributed by atoms with Crippen molar-refractivity contribution in [2.45, 2.75) is 32.5 Å². The number of aromatic nitrogens is 1. The molecule has 7 nitrogen and oxygen atoms in total. The molecule has 0 N–H and O–H groups in total. The molecule has 1 fully saturated rings. The summed E-state index contributed by atoms with van der Waals surface area (Å²) in [4.78, 5) is 35.7. The Kier molecular flexibility index (Phi) is 6.91. The maximum absolute atomic E-state index is 14.7. The summed E-state index contributed by atoms with van der Waals surface area (Å²) in [6.45, 7) is 9.66. The predicted molar refractivity (Wildman–Crippen MR) is 128 cm³/mol. The molecule has 4 rings (SSSR count). The molecule has 34 heavy (non-hydrogen) atoms. The topological polar surface area (TPSA) is 66.0 Å². The van der Waals surface area contributed by atoms with Gasteiger partial charge in [0, 0.05) is 50.4 Å². The normalized spacial score (nSPS) is 17.9. The lowest BCUT2D eigenvalue weighted by molar-refractivity contribution is -0.129. The number of hydrogen-bond acceptors (Lipinski definition) is 5. The minimum absolute atomic E-state index is 0.0644. The quantitative estimate of drug-likeness (QED) is 0.618. The first kappa shape index (κ1) is 24.2. The Bertz CT molecular complexity index is 1140. The second kappa shape index (κ2) is 9.72. The zero-order chi connectivity index (χ0) is 24.6. The molecule has 0 spiro atoms. The Balaban J connectivity index is 1.82. The van der Waals surface area contributed by atoms with E-state index in [1.54, 1.807) is 35.0 Å². The van der Waals surface area contributed by atoms with Gasteiger partial charge in [-0.2, -0.15) is 0 Å². The summed E-state index contributed by atoms with van der Waals surface area (Å²) < 4.78 is 20.9. The molecule has 1 aromatic carbocycles. The zero-order valence-electron chi connectivity index (χ0n) is 19.6. The Morgan fingerprint density at radius 1 is 1.32 bits per heavy atom. The molecule has 0 unspecified atom stereocenters. The van der Waals surface area contributed by atoms with Crippen molar-refractivity contribution in [3.63, 3.8) is 0 Å². The molecule has 2 aliphatic rings. The Hall–Kier alpha value is -2.97. The van der Waals surface area contributed by atoms with Gasteiger partial charge in [-0.05, 0) is 32.1 Å². The molecule has 0 saturated carbocycles. The maximum Gasteiger partial charge on any atom is 0.272 e. The predicted octanol–water partition coefficient (Wildman–Crippen LogP) is 3.61. The van der Waals surface area contributed by atoms with Crippen molar-refractivity contribution >= 4 is 23.4 Å². The van der Waals surface area contributed by atoms with E-state index in [1.165, 1.54) is 12.1 Å². The summed E-state index contributed by atoms with van der Waals surface area (Å²) in [5.41, 5.74) is 1.14. The largest absolute Gasteiger partial charge is 0.490 e. The third-order valence-electron chi connectivity index (χ3n) is 6.49. The van der Waals surface area contributed by atoms with Crippen LogP contribution in [0.4, 0.5) is 4.39 Å². The van der Waals surface area contributed by atoms with E-state index in [1.807, 2.05) is 13.8 Å². The molecule has 2 aromatic rings. The van der Waals surface area contributed by atoms with Crippen LogP contribution in [-0.2, 0) is 11.3 Å². The molecule has 0 bridgehead atoms. The fraction of sp³-hybridized carbons (Fsp3) is 0.400. The third-order valence-corrected chi connectivity index (χ3v) is 6.84. The number of nitrogens with zero attached hydrogens (tertiary/aromatic N) is 4. The molecule has 0 aliphatic carbocycles. The molecule has 1 aromatic heterocycles. The highest BCUT2D eigenvalue weighted by atomic mass is 35.5. The second-order valence-corrected chi connectivity index (χ2v) is 9.22. The van der Waals surface area contributed by atoms with Gasteiger partial charge < -0.3 is 14.5 Å². The van der Waals surface area contributed by atoms with Gasteiger partial charge >= 0.3 is 0 Å². The van der Waals surface area contributed by atoms with Gasteiger partial charge in [0.05, 0.1) is 11.7 Å². The number of piperazine rings is 1. The van der Waals surface area contributed by atoms with Crippen LogP contribution >= 0.6 is 11.6 Å². The van der Waals surface area contributed by atoms with Crippen LogP contribution in [0.1, 0.15) is 29.9 Å². The van der Waals surface area contributed by atoms with Crippen LogP contribution in [0.2, 0.25) is 5.02 Å². The molecule has 2 aliphatic heterocycles. The highest BCUT2D eigenvalue weighted by Crippen LogP contribution is 2.41. The lowest BCUT2D eigenvalue weighted by Gasteiger charge is -2.39. The summed E-state index contributed by atoms with van der Waals surface area (Å²) in [5, 5.41) is 0.169. The summed E-state index contributed by atoms with van der Waals surface area (Å²) in [6.07, 6.45) is 1.31. The Morgan fingerprint density at radius 2 is 2.06 bits per heavy atom. The summed E-state index contributed by atoms with van der Waals surface area (Å²) >= 11 is 6.75. The van der Waals surface area contributed by atoms with Crippen molar-refractivity contribution in [1.29, 1.82) is 0 Å². The van der Waals surface area contributed by atoms with Crippen molar-refractivity contribution < 1.29 is 18.7 Å². The van der Waals surface area contributed by atoms with Crippen LogP contribution in [-0.4, -0.2) is 76.9 Å². The lowest BCUT2D eigenvalue weighted by Crippen LogP contribution is -2.55. The number of ether oxygens (including phenoxy) is 1. The molecule has 1 saturated heterocycles. The summed E-state index contributed by atoms with van der Waals surface area (Å²) in [6, 6.07) is 6.02. The monoisotopic (exact) mass is 486 g/mol. The van der Waals surface area contributed by atoms with Gasteiger partial charge in [-0.25, -0.2) is 9.37 Å². The van der Waals surface area contributed by atoms with Crippen LogP contribution in [0.5, 0.6) is 5.75 Å². The Morgan fingerprint density at radius 3 is 2.74 bits per heavy atom. The number of pyridine rings is 1. The highest BCUT2D eigenvalue weighted by Gasteiger charge is 2.36. The van der Waals surface area contributed by atoms with Crippen LogP contribution in [0, 0.1) is 5.82 Å². The first-order chi connectivity index (χ1) is 16.2. The minimum Gasteiger partial charge on any atom is -0.490 e. The number of rotatable bonds is 4. The number of amides is 2.